The summed E-state index contributed by atoms with van der Waals surface area (Å²) in [7, 11) is 0. The number of hydrogen-bond acceptors (Lipinski definition) is 3. The van der Waals surface area contributed by atoms with E-state index in [1.165, 1.54) is 17.0 Å². The van der Waals surface area contributed by atoms with Crippen LogP contribution >= 0.6 is 11.8 Å². The van der Waals surface area contributed by atoms with E-state index in [4.69, 9.17) is 0 Å². The molecule has 2 nitrogen and oxygen atoms in total. The topological polar surface area (TPSA) is 15.3 Å². The average Bonchev–Trinajstić information content (AvgIpc) is 2.38. The van der Waals surface area contributed by atoms with Gasteiger partial charge in [0.15, 0.2) is 0 Å². The Morgan fingerprint density at radius 1 is 1.33 bits per heavy atom. The lowest BCUT2D eigenvalue weighted by Gasteiger charge is -2.45. The van der Waals surface area contributed by atoms with Crippen LogP contribution in [0.2, 0.25) is 0 Å². The Morgan fingerprint density at radius 2 is 2.00 bits per heavy atom. The van der Waals surface area contributed by atoms with Gasteiger partial charge in [0.1, 0.15) is 0 Å². The molecule has 3 heteroatoms. The Hall–Kier alpha value is -0.670. The predicted octanol–water partition coefficient (Wildman–Crippen LogP) is 3.38. The minimum absolute atomic E-state index is 0.198. The molecule has 1 heterocycles. The largest absolute Gasteiger partial charge is 0.365 e. The zero-order valence-corrected chi connectivity index (χ0v) is 12.7. The second-order valence-corrected chi connectivity index (χ2v) is 6.53. The molecule has 1 aliphatic heterocycles. The van der Waals surface area contributed by atoms with Crippen molar-refractivity contribution in [3.05, 3.63) is 24.3 Å². The van der Waals surface area contributed by atoms with Crippen LogP contribution in [0.3, 0.4) is 0 Å². The zero-order chi connectivity index (χ0) is 13.2. The van der Waals surface area contributed by atoms with Gasteiger partial charge in [-0.2, -0.15) is 0 Å². The van der Waals surface area contributed by atoms with Gasteiger partial charge in [0.2, 0.25) is 0 Å². The van der Waals surface area contributed by atoms with Crippen molar-refractivity contribution in [2.75, 3.05) is 24.2 Å². The van der Waals surface area contributed by atoms with E-state index in [0.717, 1.165) is 13.1 Å². The minimum Gasteiger partial charge on any atom is -0.365 e. The van der Waals surface area contributed by atoms with Crippen LogP contribution in [0.1, 0.15) is 27.2 Å². The van der Waals surface area contributed by atoms with E-state index in [1.807, 2.05) is 0 Å². The van der Waals surface area contributed by atoms with Crippen molar-refractivity contribution >= 4 is 17.4 Å². The number of nitrogens with one attached hydrogen (secondary N) is 1. The maximum absolute atomic E-state index is 3.64. The van der Waals surface area contributed by atoms with E-state index >= 15 is 0 Å². The zero-order valence-electron chi connectivity index (χ0n) is 11.9. The molecule has 0 saturated carbocycles. The van der Waals surface area contributed by atoms with E-state index in [-0.39, 0.29) is 5.54 Å². The minimum atomic E-state index is 0.198. The van der Waals surface area contributed by atoms with Crippen molar-refractivity contribution in [3.63, 3.8) is 0 Å². The molecule has 0 spiro atoms. The molecular formula is C15H24N2S. The molecule has 0 aromatic heterocycles. The third-order valence-electron chi connectivity index (χ3n) is 3.70. The summed E-state index contributed by atoms with van der Waals surface area (Å²) >= 11 is 1.80. The first-order valence-corrected chi connectivity index (χ1v) is 7.94. The summed E-state index contributed by atoms with van der Waals surface area (Å²) < 4.78 is 0. The van der Waals surface area contributed by atoms with Crippen molar-refractivity contribution in [2.24, 2.45) is 0 Å². The summed E-state index contributed by atoms with van der Waals surface area (Å²) in [6.07, 6.45) is 3.31. The van der Waals surface area contributed by atoms with Crippen LogP contribution in [0.5, 0.6) is 0 Å². The van der Waals surface area contributed by atoms with Crippen molar-refractivity contribution in [1.82, 2.24) is 5.32 Å². The second kappa shape index (κ2) is 5.54. The lowest BCUT2D eigenvalue weighted by atomic mass is 9.97. The predicted molar refractivity (Wildman–Crippen MR) is 81.7 cm³/mol. The monoisotopic (exact) mass is 264 g/mol. The normalized spacial score (nSPS) is 23.1. The van der Waals surface area contributed by atoms with Crippen molar-refractivity contribution in [2.45, 2.75) is 43.7 Å². The lowest BCUT2D eigenvalue weighted by Crippen LogP contribution is -2.61. The number of hydrogen-bond donors (Lipinski definition) is 1. The number of benzene rings is 1. The fourth-order valence-electron chi connectivity index (χ4n) is 2.56. The van der Waals surface area contributed by atoms with Crippen molar-refractivity contribution in [3.8, 4) is 0 Å². The second-order valence-electron chi connectivity index (χ2n) is 5.65. The first kappa shape index (κ1) is 13.8. The molecular weight excluding hydrogens is 240 g/mol. The van der Waals surface area contributed by atoms with Gasteiger partial charge in [0, 0.05) is 35.3 Å². The van der Waals surface area contributed by atoms with E-state index in [1.54, 1.807) is 11.8 Å². The fraction of sp³-hybridized carbons (Fsp3) is 0.600. The van der Waals surface area contributed by atoms with Gasteiger partial charge in [-0.1, -0.05) is 6.92 Å². The molecule has 2 rings (SSSR count). The quantitative estimate of drug-likeness (QED) is 0.843. The molecule has 18 heavy (non-hydrogen) atoms. The SMILES string of the molecule is CCC1CNC(C)(C)CN1c1ccc(SC)cc1. The maximum Gasteiger partial charge on any atom is 0.0412 e. The number of anilines is 1. The van der Waals surface area contributed by atoms with Crippen LogP contribution in [0.25, 0.3) is 0 Å². The van der Waals surface area contributed by atoms with Gasteiger partial charge in [0.05, 0.1) is 0 Å². The molecule has 0 amide bonds. The first-order chi connectivity index (χ1) is 8.55. The van der Waals surface area contributed by atoms with E-state index in [2.05, 4.69) is 61.5 Å². The Balaban J connectivity index is 2.21. The lowest BCUT2D eigenvalue weighted by molar-refractivity contribution is 0.306. The number of nitrogens with zero attached hydrogens (tertiary/aromatic N) is 1. The Morgan fingerprint density at radius 3 is 2.56 bits per heavy atom. The number of piperazine rings is 1. The summed E-state index contributed by atoms with van der Waals surface area (Å²) in [6, 6.07) is 9.58. The molecule has 1 fully saturated rings. The Kier molecular flexibility index (Phi) is 4.23. The highest BCUT2D eigenvalue weighted by Crippen LogP contribution is 2.26. The van der Waals surface area contributed by atoms with Gasteiger partial charge < -0.3 is 10.2 Å². The van der Waals surface area contributed by atoms with Gasteiger partial charge in [0.25, 0.3) is 0 Å². The third-order valence-corrected chi connectivity index (χ3v) is 4.44. The maximum atomic E-state index is 3.64. The van der Waals surface area contributed by atoms with Crippen molar-refractivity contribution in [1.29, 1.82) is 0 Å². The molecule has 1 aliphatic rings. The Bertz CT molecular complexity index is 386. The number of rotatable bonds is 3. The molecule has 100 valence electrons. The van der Waals surface area contributed by atoms with E-state index < -0.39 is 0 Å². The summed E-state index contributed by atoms with van der Waals surface area (Å²) in [6.45, 7) is 8.98. The van der Waals surface area contributed by atoms with Gasteiger partial charge in [-0.15, -0.1) is 11.8 Å². The highest BCUT2D eigenvalue weighted by molar-refractivity contribution is 7.98. The summed E-state index contributed by atoms with van der Waals surface area (Å²) in [5.41, 5.74) is 1.55. The Labute approximate surface area is 115 Å². The first-order valence-electron chi connectivity index (χ1n) is 6.71. The third kappa shape index (κ3) is 3.01. The smallest absolute Gasteiger partial charge is 0.0412 e. The van der Waals surface area contributed by atoms with Crippen LogP contribution < -0.4 is 10.2 Å². The van der Waals surface area contributed by atoms with Crippen molar-refractivity contribution < 1.29 is 0 Å². The fourth-order valence-corrected chi connectivity index (χ4v) is 2.96. The molecule has 0 bridgehead atoms. The molecule has 1 aromatic rings. The summed E-state index contributed by atoms with van der Waals surface area (Å²) in [5.74, 6) is 0. The highest BCUT2D eigenvalue weighted by Gasteiger charge is 2.31. The molecule has 1 atom stereocenters. The van der Waals surface area contributed by atoms with Crippen LogP contribution in [0, 0.1) is 0 Å². The molecule has 0 radical (unpaired) electrons. The molecule has 1 unspecified atom stereocenters. The van der Waals surface area contributed by atoms with Gasteiger partial charge in [-0.05, 0) is 50.8 Å². The molecule has 1 N–H and O–H groups in total. The van der Waals surface area contributed by atoms with Gasteiger partial charge in [-0.25, -0.2) is 0 Å². The van der Waals surface area contributed by atoms with Crippen LogP contribution in [0.4, 0.5) is 5.69 Å². The van der Waals surface area contributed by atoms with E-state index in [0.29, 0.717) is 6.04 Å². The molecule has 1 aromatic carbocycles. The molecule has 1 saturated heterocycles. The summed E-state index contributed by atoms with van der Waals surface area (Å²) in [4.78, 5) is 3.89. The van der Waals surface area contributed by atoms with Gasteiger partial charge >= 0.3 is 0 Å². The van der Waals surface area contributed by atoms with Crippen LogP contribution in [0.15, 0.2) is 29.2 Å². The van der Waals surface area contributed by atoms with Crippen LogP contribution in [-0.2, 0) is 0 Å². The molecule has 0 aliphatic carbocycles. The summed E-state index contributed by atoms with van der Waals surface area (Å²) in [5, 5.41) is 3.64. The average molecular weight is 264 g/mol. The number of thioether (sulfide) groups is 1. The van der Waals surface area contributed by atoms with E-state index in [9.17, 15) is 0 Å². The standard InChI is InChI=1S/C15H24N2S/c1-5-12-10-16-15(2,3)11-17(12)13-6-8-14(18-4)9-7-13/h6-9,12,16H,5,10-11H2,1-4H3. The van der Waals surface area contributed by atoms with Gasteiger partial charge in [-0.3, -0.25) is 0 Å². The highest BCUT2D eigenvalue weighted by atomic mass is 32.2. The van der Waals surface area contributed by atoms with Crippen LogP contribution in [-0.4, -0.2) is 30.9 Å².